The van der Waals surface area contributed by atoms with Crippen LogP contribution in [0.15, 0.2) is 58.3 Å². The molecule has 1 N–H and O–H groups in total. The fourth-order valence-corrected chi connectivity index (χ4v) is 5.61. The molecule has 2 aromatic rings. The maximum atomic E-state index is 12.9. The number of hydrogen-bond donors (Lipinski definition) is 1. The fourth-order valence-electron chi connectivity index (χ4n) is 4.43. The molecule has 0 saturated carbocycles. The highest BCUT2D eigenvalue weighted by Crippen LogP contribution is 2.39. The first-order valence-corrected chi connectivity index (χ1v) is 13.3. The van der Waals surface area contributed by atoms with Gasteiger partial charge in [0.15, 0.2) is 0 Å². The first kappa shape index (κ1) is 26.8. The number of amides is 2. The number of morpholine rings is 1. The molecule has 10 heteroatoms. The molecular formula is C27H32N4O5S. The molecule has 9 nitrogen and oxygen atoms in total. The minimum Gasteiger partial charge on any atom is -0.378 e. The van der Waals surface area contributed by atoms with Gasteiger partial charge in [0.25, 0.3) is 5.69 Å². The molecule has 2 aromatic carbocycles. The molecule has 0 aromatic heterocycles. The second-order valence-electron chi connectivity index (χ2n) is 9.34. The van der Waals surface area contributed by atoms with Crippen LogP contribution in [0, 0.1) is 10.1 Å². The van der Waals surface area contributed by atoms with Gasteiger partial charge in [0.05, 0.1) is 23.0 Å². The van der Waals surface area contributed by atoms with Crippen molar-refractivity contribution < 1.29 is 19.2 Å². The Morgan fingerprint density at radius 2 is 1.86 bits per heavy atom. The van der Waals surface area contributed by atoms with Gasteiger partial charge in [-0.05, 0) is 35.3 Å². The van der Waals surface area contributed by atoms with Gasteiger partial charge in [-0.15, -0.1) is 0 Å². The first-order valence-electron chi connectivity index (χ1n) is 12.5. The number of benzene rings is 2. The van der Waals surface area contributed by atoms with Gasteiger partial charge in [0, 0.05) is 49.8 Å². The predicted octanol–water partition coefficient (Wildman–Crippen LogP) is 3.54. The van der Waals surface area contributed by atoms with E-state index in [0.29, 0.717) is 55.8 Å². The Balaban J connectivity index is 1.44. The largest absolute Gasteiger partial charge is 0.378 e. The van der Waals surface area contributed by atoms with Crippen molar-refractivity contribution in [3.8, 4) is 0 Å². The van der Waals surface area contributed by atoms with Crippen molar-refractivity contribution in [1.29, 1.82) is 0 Å². The number of hydrogen-bond acceptors (Lipinski definition) is 7. The van der Waals surface area contributed by atoms with E-state index in [4.69, 9.17) is 4.74 Å². The van der Waals surface area contributed by atoms with Crippen LogP contribution in [-0.2, 0) is 14.3 Å². The Hall–Kier alpha value is -3.21. The van der Waals surface area contributed by atoms with Crippen LogP contribution in [0.2, 0.25) is 0 Å². The lowest BCUT2D eigenvalue weighted by Gasteiger charge is -2.36. The van der Waals surface area contributed by atoms with Gasteiger partial charge in [-0.1, -0.05) is 49.9 Å². The van der Waals surface area contributed by atoms with E-state index in [2.05, 4.69) is 19.2 Å². The Morgan fingerprint density at radius 1 is 1.11 bits per heavy atom. The summed E-state index contributed by atoms with van der Waals surface area (Å²) in [5.74, 6) is 0.0468. The zero-order valence-electron chi connectivity index (χ0n) is 21.1. The summed E-state index contributed by atoms with van der Waals surface area (Å²) >= 11 is 1.38. The lowest BCUT2D eigenvalue weighted by atomic mass is 10.0. The highest BCUT2D eigenvalue weighted by molar-refractivity contribution is 7.99. The number of nitrogens with zero attached hydrogens (tertiary/aromatic N) is 3. The summed E-state index contributed by atoms with van der Waals surface area (Å²) in [7, 11) is 0. The van der Waals surface area contributed by atoms with Gasteiger partial charge in [0.2, 0.25) is 11.8 Å². The highest BCUT2D eigenvalue weighted by Gasteiger charge is 2.31. The lowest BCUT2D eigenvalue weighted by Crippen LogP contribution is -2.59. The number of nitrogens with one attached hydrogen (secondary N) is 1. The Bertz CT molecular complexity index is 1180. The number of nitro benzene ring substituents is 1. The standard InChI is InChI=1S/C27H32N4O5S/c1-19(2)21-5-3-4-6-24(21)37-25-9-7-20(17-23(25)31(34)35)8-10-26(32)30-12-11-28-22(18-30)27(33)29-13-15-36-16-14-29/h3-10,17,19,22,28H,11-16,18H2,1-2H3. The lowest BCUT2D eigenvalue weighted by molar-refractivity contribution is -0.387. The summed E-state index contributed by atoms with van der Waals surface area (Å²) in [6, 6.07) is 12.5. The second kappa shape index (κ2) is 12.4. The Morgan fingerprint density at radius 3 is 2.59 bits per heavy atom. The monoisotopic (exact) mass is 524 g/mol. The van der Waals surface area contributed by atoms with Gasteiger partial charge in [0.1, 0.15) is 6.04 Å². The number of nitro groups is 1. The molecule has 196 valence electrons. The molecule has 37 heavy (non-hydrogen) atoms. The van der Waals surface area contributed by atoms with Crippen LogP contribution < -0.4 is 5.32 Å². The molecule has 0 spiro atoms. The molecule has 2 saturated heterocycles. The molecule has 0 bridgehead atoms. The van der Waals surface area contributed by atoms with Gasteiger partial charge >= 0.3 is 0 Å². The quantitative estimate of drug-likeness (QED) is 0.336. The van der Waals surface area contributed by atoms with E-state index >= 15 is 0 Å². The third-order valence-electron chi connectivity index (χ3n) is 6.47. The SMILES string of the molecule is CC(C)c1ccccc1Sc1ccc(C=CC(=O)N2CCNC(C(=O)N3CCOCC3)C2)cc1[N+](=O)[O-]. The first-order chi connectivity index (χ1) is 17.8. The van der Waals surface area contributed by atoms with Crippen LogP contribution in [0.5, 0.6) is 0 Å². The van der Waals surface area contributed by atoms with Gasteiger partial charge in [-0.25, -0.2) is 0 Å². The maximum Gasteiger partial charge on any atom is 0.283 e. The number of carbonyl (C=O) groups excluding carboxylic acids is 2. The van der Waals surface area contributed by atoms with Gasteiger partial charge < -0.3 is 19.9 Å². The highest BCUT2D eigenvalue weighted by atomic mass is 32.2. The number of piperazine rings is 1. The zero-order valence-corrected chi connectivity index (χ0v) is 21.9. The third kappa shape index (κ3) is 6.76. The summed E-state index contributed by atoms with van der Waals surface area (Å²) < 4.78 is 5.31. The molecular weight excluding hydrogens is 492 g/mol. The molecule has 2 fully saturated rings. The average molecular weight is 525 g/mol. The van der Waals surface area contributed by atoms with Crippen molar-refractivity contribution in [2.24, 2.45) is 0 Å². The summed E-state index contributed by atoms with van der Waals surface area (Å²) in [5.41, 5.74) is 1.70. The topological polar surface area (TPSA) is 105 Å². The van der Waals surface area contributed by atoms with Crippen LogP contribution in [0.3, 0.4) is 0 Å². The van der Waals surface area contributed by atoms with Crippen LogP contribution in [-0.4, -0.2) is 78.5 Å². The van der Waals surface area contributed by atoms with E-state index in [-0.39, 0.29) is 24.0 Å². The molecule has 1 atom stereocenters. The van der Waals surface area contributed by atoms with Crippen molar-refractivity contribution >= 4 is 35.3 Å². The van der Waals surface area contributed by atoms with Crippen LogP contribution in [0.1, 0.15) is 30.9 Å². The van der Waals surface area contributed by atoms with Crippen molar-refractivity contribution in [3.05, 3.63) is 69.8 Å². The van der Waals surface area contributed by atoms with E-state index in [1.807, 2.05) is 24.3 Å². The molecule has 2 aliphatic heterocycles. The van der Waals surface area contributed by atoms with Gasteiger partial charge in [-0.3, -0.25) is 19.7 Å². The molecule has 1 unspecified atom stereocenters. The molecule has 0 radical (unpaired) electrons. The summed E-state index contributed by atoms with van der Waals surface area (Å²) in [6.45, 7) is 7.65. The predicted molar refractivity (Wildman–Crippen MR) is 143 cm³/mol. The Labute approximate surface area is 221 Å². The number of carbonyl (C=O) groups is 2. The summed E-state index contributed by atoms with van der Waals surface area (Å²) in [6.07, 6.45) is 3.01. The minimum atomic E-state index is -0.449. The van der Waals surface area contributed by atoms with E-state index in [9.17, 15) is 19.7 Å². The fraction of sp³-hybridized carbons (Fsp3) is 0.407. The average Bonchev–Trinajstić information content (AvgIpc) is 2.92. The van der Waals surface area contributed by atoms with E-state index in [1.54, 1.807) is 28.0 Å². The van der Waals surface area contributed by atoms with Crippen LogP contribution in [0.25, 0.3) is 6.08 Å². The molecule has 2 aliphatic rings. The van der Waals surface area contributed by atoms with Crippen molar-refractivity contribution in [2.75, 3.05) is 45.9 Å². The third-order valence-corrected chi connectivity index (χ3v) is 7.62. The smallest absolute Gasteiger partial charge is 0.283 e. The zero-order chi connectivity index (χ0) is 26.4. The van der Waals surface area contributed by atoms with Gasteiger partial charge in [-0.2, -0.15) is 0 Å². The normalized spacial score (nSPS) is 18.4. The summed E-state index contributed by atoms with van der Waals surface area (Å²) in [5, 5.41) is 15.0. The maximum absolute atomic E-state index is 12.9. The van der Waals surface area contributed by atoms with Crippen molar-refractivity contribution in [2.45, 2.75) is 35.6 Å². The van der Waals surface area contributed by atoms with E-state index < -0.39 is 11.0 Å². The molecule has 2 amide bonds. The summed E-state index contributed by atoms with van der Waals surface area (Å²) in [4.78, 5) is 42.1. The molecule has 2 heterocycles. The van der Waals surface area contributed by atoms with Crippen LogP contribution in [0.4, 0.5) is 5.69 Å². The number of rotatable bonds is 7. The van der Waals surface area contributed by atoms with E-state index in [1.165, 1.54) is 23.9 Å². The second-order valence-corrected chi connectivity index (χ2v) is 10.4. The van der Waals surface area contributed by atoms with Crippen molar-refractivity contribution in [1.82, 2.24) is 15.1 Å². The minimum absolute atomic E-state index is 0.00324. The van der Waals surface area contributed by atoms with Crippen LogP contribution >= 0.6 is 11.8 Å². The number of ether oxygens (including phenoxy) is 1. The Kier molecular flexibility index (Phi) is 8.96. The van der Waals surface area contributed by atoms with Crippen molar-refractivity contribution in [3.63, 3.8) is 0 Å². The van der Waals surface area contributed by atoms with E-state index in [0.717, 1.165) is 10.5 Å². The molecule has 0 aliphatic carbocycles. The molecule has 4 rings (SSSR count).